The Hall–Kier alpha value is -2.34. The van der Waals surface area contributed by atoms with E-state index in [9.17, 15) is 0 Å². The second-order valence-electron chi connectivity index (χ2n) is 15.7. The van der Waals surface area contributed by atoms with Crippen molar-refractivity contribution in [2.24, 2.45) is 29.6 Å². The molecule has 1 aromatic rings. The predicted molar refractivity (Wildman–Crippen MR) is 205 cm³/mol. The Kier molecular flexibility index (Phi) is 14.0. The topological polar surface area (TPSA) is 0 Å². The highest BCUT2D eigenvalue weighted by Gasteiger charge is 2.29. The average molecular weight is 621 g/mol. The van der Waals surface area contributed by atoms with Crippen LogP contribution in [0.2, 0.25) is 0 Å². The molecule has 1 fully saturated rings. The van der Waals surface area contributed by atoms with E-state index in [1.165, 1.54) is 129 Å². The van der Waals surface area contributed by atoms with Crippen LogP contribution in [-0.2, 0) is 0 Å². The molecule has 0 N–H and O–H groups in total. The van der Waals surface area contributed by atoms with Crippen LogP contribution in [0.25, 0.3) is 5.57 Å². The van der Waals surface area contributed by atoms with Gasteiger partial charge in [0.2, 0.25) is 0 Å². The number of hydrogen-bond donors (Lipinski definition) is 0. The Labute approximate surface area is 285 Å². The van der Waals surface area contributed by atoms with Gasteiger partial charge in [-0.2, -0.15) is 0 Å². The van der Waals surface area contributed by atoms with Crippen LogP contribution in [0.5, 0.6) is 0 Å². The maximum atomic E-state index is 4.82. The van der Waals surface area contributed by atoms with E-state index in [1.807, 2.05) is 0 Å². The third-order valence-corrected chi connectivity index (χ3v) is 12.6. The zero-order valence-corrected chi connectivity index (χ0v) is 30.9. The van der Waals surface area contributed by atoms with E-state index in [2.05, 4.69) is 91.1 Å². The van der Waals surface area contributed by atoms with Crippen LogP contribution in [0.15, 0.2) is 89.6 Å². The Morgan fingerprint density at radius 2 is 1.65 bits per heavy atom. The summed E-state index contributed by atoms with van der Waals surface area (Å²) < 4.78 is 0. The van der Waals surface area contributed by atoms with Crippen molar-refractivity contribution in [2.45, 2.75) is 150 Å². The molecule has 0 saturated heterocycles. The molecule has 0 bridgehead atoms. The van der Waals surface area contributed by atoms with Crippen LogP contribution in [0.3, 0.4) is 0 Å². The molecule has 4 rings (SSSR count). The van der Waals surface area contributed by atoms with Gasteiger partial charge in [0.05, 0.1) is 0 Å². The maximum Gasteiger partial charge on any atom is -0.00229 e. The first-order valence-electron chi connectivity index (χ1n) is 19.4. The largest absolute Gasteiger partial charge is 0.0953 e. The summed E-state index contributed by atoms with van der Waals surface area (Å²) in [6, 6.07) is 9.50. The lowest BCUT2D eigenvalue weighted by molar-refractivity contribution is 0.247. The lowest BCUT2D eigenvalue weighted by Crippen LogP contribution is -2.18. The molecular formula is C46H68. The summed E-state index contributed by atoms with van der Waals surface area (Å²) in [5, 5.41) is 0. The van der Waals surface area contributed by atoms with Crippen molar-refractivity contribution in [1.82, 2.24) is 0 Å². The molecule has 0 nitrogen and oxygen atoms in total. The van der Waals surface area contributed by atoms with Gasteiger partial charge >= 0.3 is 0 Å². The second-order valence-corrected chi connectivity index (χ2v) is 15.7. The molecule has 0 amide bonds. The highest BCUT2D eigenvalue weighted by Crippen LogP contribution is 2.44. The fourth-order valence-electron chi connectivity index (χ4n) is 8.81. The van der Waals surface area contributed by atoms with Gasteiger partial charge in [0.15, 0.2) is 0 Å². The molecule has 0 aromatic heterocycles. The monoisotopic (exact) mass is 621 g/mol. The van der Waals surface area contributed by atoms with E-state index in [1.54, 1.807) is 11.1 Å². The summed E-state index contributed by atoms with van der Waals surface area (Å²) in [6.45, 7) is 28.1. The lowest BCUT2D eigenvalue weighted by atomic mass is 9.73. The molecule has 4 atom stereocenters. The average Bonchev–Trinajstić information content (AvgIpc) is 3.44. The van der Waals surface area contributed by atoms with Gasteiger partial charge in [-0.25, -0.2) is 0 Å². The zero-order valence-electron chi connectivity index (χ0n) is 30.9. The fraction of sp³-hybridized carbons (Fsp3) is 0.609. The molecule has 3 aliphatic rings. The number of hydrogen-bond acceptors (Lipinski definition) is 0. The van der Waals surface area contributed by atoms with Gasteiger partial charge in [-0.1, -0.05) is 154 Å². The van der Waals surface area contributed by atoms with Gasteiger partial charge in [0, 0.05) is 0 Å². The summed E-state index contributed by atoms with van der Waals surface area (Å²) >= 11 is 0. The van der Waals surface area contributed by atoms with E-state index < -0.39 is 0 Å². The first-order valence-corrected chi connectivity index (χ1v) is 19.4. The van der Waals surface area contributed by atoms with E-state index in [0.717, 1.165) is 36.5 Å². The van der Waals surface area contributed by atoms with Gasteiger partial charge < -0.3 is 0 Å². The predicted octanol–water partition coefficient (Wildman–Crippen LogP) is 14.5. The van der Waals surface area contributed by atoms with Gasteiger partial charge in [-0.05, 0) is 132 Å². The number of benzene rings is 1. The summed E-state index contributed by atoms with van der Waals surface area (Å²) in [7, 11) is 0. The molecule has 1 aromatic carbocycles. The third-order valence-electron chi connectivity index (χ3n) is 12.6. The number of rotatable bonds is 16. The maximum absolute atomic E-state index is 4.82. The SMILES string of the molecule is C=C1CC(C(=C)[C@H](C)[C@H](CCC2CCC(CC)CC2)c2cccc(C(=C)C[C@H](CC)CCC)c2)=C/C1=C/C1=C(C)CC[C@H](CC)C1. The molecule has 0 heterocycles. The van der Waals surface area contributed by atoms with E-state index in [4.69, 9.17) is 6.58 Å². The Bertz CT molecular complexity index is 1280. The van der Waals surface area contributed by atoms with Crippen LogP contribution in [0, 0.1) is 29.6 Å². The third kappa shape index (κ3) is 9.61. The molecule has 3 aliphatic carbocycles. The molecule has 252 valence electrons. The van der Waals surface area contributed by atoms with Crippen molar-refractivity contribution in [2.75, 3.05) is 0 Å². The minimum absolute atomic E-state index is 0.387. The first-order chi connectivity index (χ1) is 22.2. The molecule has 46 heavy (non-hydrogen) atoms. The van der Waals surface area contributed by atoms with Crippen molar-refractivity contribution in [1.29, 1.82) is 0 Å². The van der Waals surface area contributed by atoms with Crippen LogP contribution in [-0.4, -0.2) is 0 Å². The summed E-state index contributed by atoms with van der Waals surface area (Å²) in [5.41, 5.74) is 12.6. The standard InChI is InChI=1S/C46H68/c1-10-15-38(12-3)26-33(6)41-16-14-17-42(29-41)46(25-24-40-22-20-37(11-2)21-23-40)36(9)35(8)45-27-34(7)44(31-45)30-43-28-39(13-4)19-18-32(43)5/h14,16-17,29-31,36-40,46H,6-8,10-13,15,18-28H2,1-5,9H3/b44-30-/t36-,37?,38+,39-,40?,46-/m0/s1. The van der Waals surface area contributed by atoms with Crippen LogP contribution >= 0.6 is 0 Å². The summed E-state index contributed by atoms with van der Waals surface area (Å²) in [6.07, 6.45) is 25.5. The molecule has 0 spiro atoms. The highest BCUT2D eigenvalue weighted by molar-refractivity contribution is 5.64. The normalized spacial score (nSPS) is 25.0. The van der Waals surface area contributed by atoms with E-state index in [0.29, 0.717) is 11.8 Å². The van der Waals surface area contributed by atoms with Gasteiger partial charge in [0.1, 0.15) is 0 Å². The van der Waals surface area contributed by atoms with Crippen molar-refractivity contribution < 1.29 is 0 Å². The molecule has 0 heteroatoms. The first kappa shape index (κ1) is 36.5. The van der Waals surface area contributed by atoms with Crippen molar-refractivity contribution in [3.05, 3.63) is 101 Å². The van der Waals surface area contributed by atoms with Gasteiger partial charge in [-0.15, -0.1) is 0 Å². The van der Waals surface area contributed by atoms with Crippen molar-refractivity contribution >= 4 is 5.57 Å². The van der Waals surface area contributed by atoms with Crippen LogP contribution in [0.1, 0.15) is 161 Å². The fourth-order valence-corrected chi connectivity index (χ4v) is 8.81. The molecular weight excluding hydrogens is 553 g/mol. The lowest BCUT2D eigenvalue weighted by Gasteiger charge is -2.32. The van der Waals surface area contributed by atoms with E-state index in [-0.39, 0.29) is 0 Å². The van der Waals surface area contributed by atoms with Gasteiger partial charge in [-0.3, -0.25) is 0 Å². The smallest absolute Gasteiger partial charge is 0.00229 e. The number of allylic oxidation sites excluding steroid dienone is 9. The Morgan fingerprint density at radius 1 is 0.935 bits per heavy atom. The van der Waals surface area contributed by atoms with Crippen molar-refractivity contribution in [3.8, 4) is 0 Å². The van der Waals surface area contributed by atoms with Crippen LogP contribution in [0.4, 0.5) is 0 Å². The summed E-state index contributed by atoms with van der Waals surface area (Å²) in [5.74, 6) is 4.25. The Balaban J connectivity index is 1.57. The zero-order chi connectivity index (χ0) is 33.2. The van der Waals surface area contributed by atoms with Crippen LogP contribution < -0.4 is 0 Å². The summed E-state index contributed by atoms with van der Waals surface area (Å²) in [4.78, 5) is 0. The highest BCUT2D eigenvalue weighted by atomic mass is 14.3. The molecule has 0 aliphatic heterocycles. The minimum Gasteiger partial charge on any atom is -0.0953 e. The van der Waals surface area contributed by atoms with Gasteiger partial charge in [0.25, 0.3) is 0 Å². The van der Waals surface area contributed by atoms with Crippen molar-refractivity contribution in [3.63, 3.8) is 0 Å². The molecule has 1 saturated carbocycles. The molecule has 0 radical (unpaired) electrons. The minimum atomic E-state index is 0.387. The quantitative estimate of drug-likeness (QED) is 0.172. The van der Waals surface area contributed by atoms with E-state index >= 15 is 0 Å². The Morgan fingerprint density at radius 3 is 2.33 bits per heavy atom. The second kappa shape index (κ2) is 17.7. The molecule has 0 unspecified atom stereocenters.